The van der Waals surface area contributed by atoms with Crippen molar-refractivity contribution in [2.24, 2.45) is 5.92 Å². The van der Waals surface area contributed by atoms with Gasteiger partial charge in [-0.2, -0.15) is 0 Å². The van der Waals surface area contributed by atoms with Gasteiger partial charge in [-0.25, -0.2) is 13.6 Å². The summed E-state index contributed by atoms with van der Waals surface area (Å²) in [6.07, 6.45) is 0.852. The molecule has 0 amide bonds. The Kier molecular flexibility index (Phi) is 5.07. The predicted molar refractivity (Wildman–Crippen MR) is 65.6 cm³/mol. The number of hydrogen-bond donors (Lipinski definition) is 1. The highest BCUT2D eigenvalue weighted by atomic mass is 19.1. The van der Waals surface area contributed by atoms with E-state index in [9.17, 15) is 13.6 Å². The first-order valence-corrected chi connectivity index (χ1v) is 5.77. The van der Waals surface area contributed by atoms with Crippen LogP contribution in [0, 0.1) is 17.6 Å². The first kappa shape index (κ1) is 14.4. The summed E-state index contributed by atoms with van der Waals surface area (Å²) in [6, 6.07) is 1.82. The van der Waals surface area contributed by atoms with E-state index in [2.05, 4.69) is 10.1 Å². The second kappa shape index (κ2) is 6.33. The molecule has 0 saturated heterocycles. The Hall–Kier alpha value is -1.65. The van der Waals surface area contributed by atoms with Crippen LogP contribution < -0.4 is 5.32 Å². The Balaban J connectivity index is 2.88. The molecular weight excluding hydrogens is 240 g/mol. The van der Waals surface area contributed by atoms with E-state index in [1.54, 1.807) is 0 Å². The van der Waals surface area contributed by atoms with Crippen LogP contribution in [0.4, 0.5) is 14.5 Å². The lowest BCUT2D eigenvalue weighted by Gasteiger charge is -2.11. The maximum Gasteiger partial charge on any atom is 0.340 e. The van der Waals surface area contributed by atoms with Gasteiger partial charge in [-0.1, -0.05) is 13.8 Å². The highest BCUT2D eigenvalue weighted by molar-refractivity contribution is 5.90. The Morgan fingerprint density at radius 1 is 1.33 bits per heavy atom. The molecule has 0 unspecified atom stereocenters. The molecule has 1 aromatic rings. The summed E-state index contributed by atoms with van der Waals surface area (Å²) < 4.78 is 31.2. The SMILES string of the molecule is COC(=O)c1cc(NCCC(C)C)c(F)cc1F. The number of nitrogens with one attached hydrogen (secondary N) is 1. The molecule has 0 aliphatic heterocycles. The quantitative estimate of drug-likeness (QED) is 0.823. The van der Waals surface area contributed by atoms with E-state index < -0.39 is 17.6 Å². The molecule has 0 radical (unpaired) electrons. The van der Waals surface area contributed by atoms with E-state index in [4.69, 9.17) is 0 Å². The Bertz CT molecular complexity index is 433. The van der Waals surface area contributed by atoms with Gasteiger partial charge >= 0.3 is 5.97 Å². The van der Waals surface area contributed by atoms with E-state index >= 15 is 0 Å². The number of halogens is 2. The largest absolute Gasteiger partial charge is 0.465 e. The lowest BCUT2D eigenvalue weighted by atomic mass is 10.1. The number of methoxy groups -OCH3 is 1. The highest BCUT2D eigenvalue weighted by Crippen LogP contribution is 2.20. The molecule has 1 aromatic carbocycles. The van der Waals surface area contributed by atoms with Gasteiger partial charge in [0, 0.05) is 12.6 Å². The molecule has 0 aliphatic rings. The molecule has 0 aromatic heterocycles. The zero-order chi connectivity index (χ0) is 13.7. The van der Waals surface area contributed by atoms with Gasteiger partial charge in [-0.3, -0.25) is 0 Å². The Labute approximate surface area is 105 Å². The smallest absolute Gasteiger partial charge is 0.340 e. The van der Waals surface area contributed by atoms with Crippen LogP contribution in [0.1, 0.15) is 30.6 Å². The van der Waals surface area contributed by atoms with Crippen LogP contribution in [0.3, 0.4) is 0 Å². The number of rotatable bonds is 5. The molecule has 0 bridgehead atoms. The second-order valence-electron chi connectivity index (χ2n) is 4.41. The van der Waals surface area contributed by atoms with Crippen LogP contribution in [0.25, 0.3) is 0 Å². The summed E-state index contributed by atoms with van der Waals surface area (Å²) in [4.78, 5) is 11.3. The van der Waals surface area contributed by atoms with Gasteiger partial charge in [0.2, 0.25) is 0 Å². The van der Waals surface area contributed by atoms with Gasteiger partial charge in [0.05, 0.1) is 18.4 Å². The van der Waals surface area contributed by atoms with Gasteiger partial charge in [-0.05, 0) is 18.4 Å². The molecule has 3 nitrogen and oxygen atoms in total. The van der Waals surface area contributed by atoms with Crippen molar-refractivity contribution in [2.75, 3.05) is 19.0 Å². The molecule has 0 heterocycles. The second-order valence-corrected chi connectivity index (χ2v) is 4.41. The zero-order valence-corrected chi connectivity index (χ0v) is 10.7. The van der Waals surface area contributed by atoms with Crippen molar-refractivity contribution in [1.82, 2.24) is 0 Å². The lowest BCUT2D eigenvalue weighted by Crippen LogP contribution is -2.10. The van der Waals surface area contributed by atoms with E-state index in [-0.39, 0.29) is 11.3 Å². The number of carbonyl (C=O) groups excluding carboxylic acids is 1. The first-order chi connectivity index (χ1) is 8.45. The van der Waals surface area contributed by atoms with Crippen molar-refractivity contribution >= 4 is 11.7 Å². The van der Waals surface area contributed by atoms with Gasteiger partial charge in [0.15, 0.2) is 0 Å². The third kappa shape index (κ3) is 3.68. The van der Waals surface area contributed by atoms with E-state index in [1.165, 1.54) is 0 Å². The van der Waals surface area contributed by atoms with Gasteiger partial charge in [-0.15, -0.1) is 0 Å². The average Bonchev–Trinajstić information content (AvgIpc) is 2.30. The van der Waals surface area contributed by atoms with Crippen molar-refractivity contribution in [2.45, 2.75) is 20.3 Å². The monoisotopic (exact) mass is 257 g/mol. The highest BCUT2D eigenvalue weighted by Gasteiger charge is 2.16. The maximum atomic E-state index is 13.5. The molecule has 0 spiro atoms. The van der Waals surface area contributed by atoms with Crippen LogP contribution >= 0.6 is 0 Å². The summed E-state index contributed by atoms with van der Waals surface area (Å²) >= 11 is 0. The minimum Gasteiger partial charge on any atom is -0.465 e. The molecule has 1 rings (SSSR count). The number of carbonyl (C=O) groups is 1. The molecule has 1 N–H and O–H groups in total. The standard InChI is InChI=1S/C13H17F2NO2/c1-8(2)4-5-16-12-6-9(13(17)18-3)10(14)7-11(12)15/h6-8,16H,4-5H2,1-3H3. The van der Waals surface area contributed by atoms with Gasteiger partial charge in [0.1, 0.15) is 11.6 Å². The molecule has 100 valence electrons. The normalized spacial score (nSPS) is 10.6. The van der Waals surface area contributed by atoms with E-state index in [0.717, 1.165) is 19.6 Å². The molecular formula is C13H17F2NO2. The summed E-state index contributed by atoms with van der Waals surface area (Å²) in [7, 11) is 1.15. The minimum absolute atomic E-state index is 0.109. The predicted octanol–water partition coefficient (Wildman–Crippen LogP) is 3.21. The van der Waals surface area contributed by atoms with Crippen molar-refractivity contribution in [3.8, 4) is 0 Å². The van der Waals surface area contributed by atoms with Crippen LogP contribution in [0.2, 0.25) is 0 Å². The summed E-state index contributed by atoms with van der Waals surface area (Å²) in [5.41, 5.74) is -0.164. The molecule has 0 fully saturated rings. The average molecular weight is 257 g/mol. The summed E-state index contributed by atoms with van der Waals surface area (Å²) in [5.74, 6) is -1.99. The zero-order valence-electron chi connectivity index (χ0n) is 10.7. The van der Waals surface area contributed by atoms with Crippen LogP contribution in [-0.2, 0) is 4.74 Å². The molecule has 0 atom stereocenters. The van der Waals surface area contributed by atoms with Crippen molar-refractivity contribution in [1.29, 1.82) is 0 Å². The number of esters is 1. The number of ether oxygens (including phenoxy) is 1. The summed E-state index contributed by atoms with van der Waals surface area (Å²) in [5, 5.41) is 2.84. The number of anilines is 1. The number of benzene rings is 1. The van der Waals surface area contributed by atoms with E-state index in [1.807, 2.05) is 13.8 Å². The van der Waals surface area contributed by atoms with Crippen LogP contribution in [0.15, 0.2) is 12.1 Å². The molecule has 5 heteroatoms. The fourth-order valence-electron chi connectivity index (χ4n) is 1.45. The fourth-order valence-corrected chi connectivity index (χ4v) is 1.45. The van der Waals surface area contributed by atoms with Crippen molar-refractivity contribution in [3.05, 3.63) is 29.3 Å². The lowest BCUT2D eigenvalue weighted by molar-refractivity contribution is 0.0595. The van der Waals surface area contributed by atoms with E-state index in [0.29, 0.717) is 18.5 Å². The summed E-state index contributed by atoms with van der Waals surface area (Å²) in [6.45, 7) is 4.64. The van der Waals surface area contributed by atoms with Gasteiger partial charge < -0.3 is 10.1 Å². The van der Waals surface area contributed by atoms with Crippen LogP contribution in [-0.4, -0.2) is 19.6 Å². The third-order valence-electron chi connectivity index (χ3n) is 2.50. The Morgan fingerprint density at radius 2 is 2.00 bits per heavy atom. The fraction of sp³-hybridized carbons (Fsp3) is 0.462. The first-order valence-electron chi connectivity index (χ1n) is 5.77. The number of hydrogen-bond acceptors (Lipinski definition) is 3. The molecule has 0 saturated carbocycles. The Morgan fingerprint density at radius 3 is 2.56 bits per heavy atom. The van der Waals surface area contributed by atoms with Crippen molar-refractivity contribution in [3.63, 3.8) is 0 Å². The topological polar surface area (TPSA) is 38.3 Å². The third-order valence-corrected chi connectivity index (χ3v) is 2.50. The van der Waals surface area contributed by atoms with Crippen LogP contribution in [0.5, 0.6) is 0 Å². The minimum atomic E-state index is -0.922. The van der Waals surface area contributed by atoms with Gasteiger partial charge in [0.25, 0.3) is 0 Å². The molecule has 18 heavy (non-hydrogen) atoms. The van der Waals surface area contributed by atoms with Crippen molar-refractivity contribution < 1.29 is 18.3 Å². The molecule has 0 aliphatic carbocycles. The maximum absolute atomic E-state index is 13.5.